The molecule has 0 radical (unpaired) electrons. The van der Waals surface area contributed by atoms with Gasteiger partial charge in [0.25, 0.3) is 0 Å². The Balaban J connectivity index is 5.43. The van der Waals surface area contributed by atoms with Crippen molar-refractivity contribution in [3.63, 3.8) is 0 Å². The number of unbranched alkanes of at least 4 members (excludes halogenated alkanes) is 29. The number of carbonyl (C=O) groups is 4. The Morgan fingerprint density at radius 3 is 0.820 bits per heavy atom. The second-order valence-corrected chi connectivity index (χ2v) is 28.8. The van der Waals surface area contributed by atoms with Crippen LogP contribution in [0.2, 0.25) is 0 Å². The number of hydrogen-bond acceptors (Lipinski definition) is 15. The first kappa shape index (κ1) is 95.7. The summed E-state index contributed by atoms with van der Waals surface area (Å²) in [6, 6.07) is 0. The van der Waals surface area contributed by atoms with E-state index in [2.05, 4.69) is 125 Å². The van der Waals surface area contributed by atoms with Crippen LogP contribution in [0.15, 0.2) is 109 Å². The predicted molar refractivity (Wildman–Crippen MR) is 408 cm³/mol. The summed E-state index contributed by atoms with van der Waals surface area (Å²) in [5.74, 6) is -2.27. The molecule has 0 amide bonds. The van der Waals surface area contributed by atoms with Gasteiger partial charge in [-0.25, -0.2) is 9.13 Å². The number of aliphatic hydroxyl groups is 1. The highest BCUT2D eigenvalue weighted by Crippen LogP contribution is 2.45. The number of aliphatic hydroxyl groups excluding tert-OH is 1. The van der Waals surface area contributed by atoms with Gasteiger partial charge in [0.15, 0.2) is 12.2 Å². The lowest BCUT2D eigenvalue weighted by atomic mass is 10.1. The molecule has 0 aliphatic rings. The molecule has 5 atom stereocenters. The molecule has 0 aromatic heterocycles. The van der Waals surface area contributed by atoms with E-state index in [1.54, 1.807) is 0 Å². The van der Waals surface area contributed by atoms with E-state index < -0.39 is 97.5 Å². The maximum absolute atomic E-state index is 13.1. The van der Waals surface area contributed by atoms with Gasteiger partial charge in [-0.1, -0.05) is 253 Å². The van der Waals surface area contributed by atoms with E-state index in [0.29, 0.717) is 32.1 Å². The highest BCUT2D eigenvalue weighted by Gasteiger charge is 2.30. The number of carbonyl (C=O) groups excluding carboxylic acids is 4. The molecule has 3 N–H and O–H groups in total. The fraction of sp³-hybridized carbons (Fsp3) is 0.728. The molecular formula is C81H140O17P2. The number of ether oxygens (including phenoxy) is 4. The van der Waals surface area contributed by atoms with Crippen molar-refractivity contribution in [2.45, 2.75) is 341 Å². The van der Waals surface area contributed by atoms with Crippen LogP contribution in [-0.2, 0) is 65.4 Å². The van der Waals surface area contributed by atoms with Crippen molar-refractivity contribution in [3.8, 4) is 0 Å². The lowest BCUT2D eigenvalue weighted by Gasteiger charge is -2.21. The van der Waals surface area contributed by atoms with Gasteiger partial charge in [0.1, 0.15) is 19.3 Å². The van der Waals surface area contributed by atoms with Crippen molar-refractivity contribution in [2.75, 3.05) is 39.6 Å². The zero-order valence-corrected chi connectivity index (χ0v) is 64.6. The molecular weight excluding hydrogens is 1310 g/mol. The first-order chi connectivity index (χ1) is 48.7. The lowest BCUT2D eigenvalue weighted by molar-refractivity contribution is -0.161. The Kier molecular flexibility index (Phi) is 69.9. The molecule has 0 aliphatic heterocycles. The second-order valence-electron chi connectivity index (χ2n) is 25.9. The van der Waals surface area contributed by atoms with Crippen LogP contribution in [0.4, 0.5) is 0 Å². The van der Waals surface area contributed by atoms with E-state index in [0.717, 1.165) is 154 Å². The Morgan fingerprint density at radius 1 is 0.280 bits per heavy atom. The molecule has 0 aromatic rings. The average Bonchev–Trinajstić information content (AvgIpc) is 1.13. The lowest BCUT2D eigenvalue weighted by Crippen LogP contribution is -2.30. The molecule has 0 saturated carbocycles. The topological polar surface area (TPSA) is 237 Å². The summed E-state index contributed by atoms with van der Waals surface area (Å²) in [7, 11) is -9.98. The van der Waals surface area contributed by atoms with Crippen molar-refractivity contribution in [3.05, 3.63) is 109 Å². The van der Waals surface area contributed by atoms with Gasteiger partial charge in [0.05, 0.1) is 26.4 Å². The van der Waals surface area contributed by atoms with E-state index in [1.807, 2.05) is 12.2 Å². The molecule has 0 heterocycles. The first-order valence-electron chi connectivity index (χ1n) is 39.1. The fourth-order valence-electron chi connectivity index (χ4n) is 10.1. The van der Waals surface area contributed by atoms with Crippen LogP contribution in [0.3, 0.4) is 0 Å². The molecule has 17 nitrogen and oxygen atoms in total. The first-order valence-corrected chi connectivity index (χ1v) is 42.1. The molecule has 0 spiro atoms. The SMILES string of the molecule is CCCCC/C=C\C/C=C\C/C=C\C/C=C\CCCC(=O)O[C@H](COC(=O)CCCCCCC/C=C\CCCCCC)COP(=O)(O)OC[C@@H](O)COP(=O)(O)OC[C@@H](COC(=O)CCCCCCC/C=C\C/C=C\CCCCC)OC(=O)CCCCCCC/C=C\C/C=C\CCCCC. The van der Waals surface area contributed by atoms with Crippen LogP contribution in [0.5, 0.6) is 0 Å². The summed E-state index contributed by atoms with van der Waals surface area (Å²) in [6.45, 7) is 4.69. The number of phosphoric acid groups is 2. The van der Waals surface area contributed by atoms with E-state index in [4.69, 9.17) is 37.0 Å². The molecule has 576 valence electrons. The third-order valence-corrected chi connectivity index (χ3v) is 18.1. The number of esters is 4. The number of allylic oxidation sites excluding steroid dienone is 18. The number of phosphoric ester groups is 2. The normalized spacial score (nSPS) is 14.5. The van der Waals surface area contributed by atoms with Crippen LogP contribution in [0.25, 0.3) is 0 Å². The third-order valence-electron chi connectivity index (χ3n) is 16.2. The molecule has 0 rings (SSSR count). The third kappa shape index (κ3) is 72.1. The largest absolute Gasteiger partial charge is 0.472 e. The summed E-state index contributed by atoms with van der Waals surface area (Å²) < 4.78 is 68.4. The Hall–Kier alpha value is -4.28. The van der Waals surface area contributed by atoms with Crippen LogP contribution in [-0.4, -0.2) is 96.7 Å². The molecule has 0 aromatic carbocycles. The van der Waals surface area contributed by atoms with E-state index in [-0.39, 0.29) is 25.7 Å². The summed E-state index contributed by atoms with van der Waals surface area (Å²) in [6.07, 6.45) is 77.9. The van der Waals surface area contributed by atoms with E-state index in [1.165, 1.54) is 83.5 Å². The zero-order valence-electron chi connectivity index (χ0n) is 62.8. The molecule has 0 saturated heterocycles. The van der Waals surface area contributed by atoms with Gasteiger partial charge in [-0.15, -0.1) is 0 Å². The van der Waals surface area contributed by atoms with Crippen molar-refractivity contribution in [2.24, 2.45) is 0 Å². The van der Waals surface area contributed by atoms with Gasteiger partial charge in [-0.2, -0.15) is 0 Å². The molecule has 0 fully saturated rings. The van der Waals surface area contributed by atoms with Crippen LogP contribution >= 0.6 is 15.6 Å². The van der Waals surface area contributed by atoms with Crippen LogP contribution in [0, 0.1) is 0 Å². The van der Waals surface area contributed by atoms with Crippen molar-refractivity contribution < 1.29 is 80.2 Å². The highest BCUT2D eigenvalue weighted by molar-refractivity contribution is 7.47. The van der Waals surface area contributed by atoms with Crippen LogP contribution < -0.4 is 0 Å². The quantitative estimate of drug-likeness (QED) is 0.0169. The van der Waals surface area contributed by atoms with Gasteiger partial charge in [-0.05, 0) is 154 Å². The molecule has 2 unspecified atom stereocenters. The summed E-state index contributed by atoms with van der Waals surface area (Å²) in [5.41, 5.74) is 0. The number of rotatable bonds is 73. The smallest absolute Gasteiger partial charge is 0.462 e. The number of hydrogen-bond donors (Lipinski definition) is 3. The van der Waals surface area contributed by atoms with Crippen molar-refractivity contribution in [1.29, 1.82) is 0 Å². The average molecular weight is 1450 g/mol. The maximum Gasteiger partial charge on any atom is 0.472 e. The van der Waals surface area contributed by atoms with Gasteiger partial charge < -0.3 is 33.8 Å². The fourth-order valence-corrected chi connectivity index (χ4v) is 11.7. The van der Waals surface area contributed by atoms with Crippen molar-refractivity contribution in [1.82, 2.24) is 0 Å². The van der Waals surface area contributed by atoms with Crippen molar-refractivity contribution >= 4 is 39.5 Å². The second kappa shape index (κ2) is 73.0. The monoisotopic (exact) mass is 1450 g/mol. The predicted octanol–water partition coefficient (Wildman–Crippen LogP) is 22.6. The summed E-state index contributed by atoms with van der Waals surface area (Å²) >= 11 is 0. The maximum atomic E-state index is 13.1. The van der Waals surface area contributed by atoms with Crippen LogP contribution in [0.1, 0.15) is 323 Å². The van der Waals surface area contributed by atoms with E-state index >= 15 is 0 Å². The molecule has 0 bridgehead atoms. The summed E-state index contributed by atoms with van der Waals surface area (Å²) in [5, 5.41) is 10.6. The minimum absolute atomic E-state index is 0.0164. The summed E-state index contributed by atoms with van der Waals surface area (Å²) in [4.78, 5) is 72.9. The molecule has 19 heteroatoms. The minimum atomic E-state index is -4.99. The Bertz CT molecular complexity index is 2320. The molecule has 100 heavy (non-hydrogen) atoms. The highest BCUT2D eigenvalue weighted by atomic mass is 31.2. The van der Waals surface area contributed by atoms with E-state index in [9.17, 15) is 43.2 Å². The minimum Gasteiger partial charge on any atom is -0.462 e. The zero-order chi connectivity index (χ0) is 73.2. The Morgan fingerprint density at radius 2 is 0.500 bits per heavy atom. The standard InChI is InChI=1S/C81H140O17P2/c1-5-9-13-17-21-25-29-33-36-37-40-44-48-52-56-60-64-68-81(86)98-76(71-91-78(83)65-61-57-53-49-45-41-32-28-24-20-16-12-8-4)73-95-99(87,88)93-69-75(82)70-94-100(89,90)96-74-77(97-80(85)67-63-59-55-51-47-43-39-35-31-27-23-19-15-11-7-3)72-92-79(84)66-62-58-54-50-46-42-38-34-30-26-22-18-14-10-6-2/h21-23,25-28,32-36,38-40,44,52,56,75-77,82H,5-20,24,29-31,37,41-43,45-51,53-55,57-74H2,1-4H3,(H,87,88)(H,89,90)/b25-21-,26-22-,27-23-,32-28-,36-33-,38-34-,39-35-,44-40-,56-52-/t75-,76-,77-/m1/s1. The Labute approximate surface area is 607 Å². The van der Waals surface area contributed by atoms with Gasteiger partial charge in [0.2, 0.25) is 0 Å². The van der Waals surface area contributed by atoms with Gasteiger partial charge >= 0.3 is 39.5 Å². The van der Waals surface area contributed by atoms with Gasteiger partial charge in [-0.3, -0.25) is 37.3 Å². The molecule has 0 aliphatic carbocycles. The van der Waals surface area contributed by atoms with Gasteiger partial charge in [0, 0.05) is 25.7 Å².